The van der Waals surface area contributed by atoms with Crippen molar-refractivity contribution in [2.75, 3.05) is 13.2 Å². The van der Waals surface area contributed by atoms with E-state index in [4.69, 9.17) is 9.47 Å². The highest BCUT2D eigenvalue weighted by Gasteiger charge is 2.16. The van der Waals surface area contributed by atoms with Crippen LogP contribution in [0.4, 0.5) is 0 Å². The van der Waals surface area contributed by atoms with Crippen LogP contribution >= 0.6 is 0 Å². The number of hydrogen-bond acceptors (Lipinski definition) is 5. The third-order valence-electron chi connectivity index (χ3n) is 9.12. The number of ether oxygens (including phenoxy) is 2. The van der Waals surface area contributed by atoms with Crippen molar-refractivity contribution in [3.8, 4) is 0 Å². The Kier molecular flexibility index (Phi) is 32.4. The molecule has 2 atom stereocenters. The average molecular weight is 625 g/mol. The van der Waals surface area contributed by atoms with Crippen molar-refractivity contribution in [1.29, 1.82) is 0 Å². The quantitative estimate of drug-likeness (QED) is 0.0569. The third kappa shape index (κ3) is 32.3. The second kappa shape index (κ2) is 33.3. The van der Waals surface area contributed by atoms with Gasteiger partial charge in [0.2, 0.25) is 0 Å². The zero-order valence-electron chi connectivity index (χ0n) is 30.0. The molecule has 1 N–H and O–H groups in total. The average Bonchev–Trinajstić information content (AvgIpc) is 3.01. The molecule has 0 radical (unpaired) electrons. The molecule has 0 saturated heterocycles. The fourth-order valence-corrected chi connectivity index (χ4v) is 5.77. The first kappa shape index (κ1) is 42.9. The van der Waals surface area contributed by atoms with Gasteiger partial charge in [0.15, 0.2) is 6.10 Å². The molecule has 0 aromatic rings. The van der Waals surface area contributed by atoms with Gasteiger partial charge in [-0.1, -0.05) is 182 Å². The Morgan fingerprint density at radius 1 is 0.523 bits per heavy atom. The van der Waals surface area contributed by atoms with Crippen LogP contribution in [0.15, 0.2) is 0 Å². The lowest BCUT2D eigenvalue weighted by atomic mass is 9.99. The van der Waals surface area contributed by atoms with Gasteiger partial charge in [0, 0.05) is 12.8 Å². The maximum absolute atomic E-state index is 12.2. The molecule has 44 heavy (non-hydrogen) atoms. The van der Waals surface area contributed by atoms with Crippen molar-refractivity contribution in [3.05, 3.63) is 0 Å². The van der Waals surface area contributed by atoms with E-state index in [1.165, 1.54) is 128 Å². The summed E-state index contributed by atoms with van der Waals surface area (Å²) < 4.78 is 10.6. The molecule has 262 valence electrons. The zero-order valence-corrected chi connectivity index (χ0v) is 30.0. The van der Waals surface area contributed by atoms with Crippen LogP contribution in [0, 0.1) is 11.8 Å². The molecule has 0 fully saturated rings. The number of aliphatic hydroxyl groups excluding tert-OH is 1. The van der Waals surface area contributed by atoms with Crippen LogP contribution in [-0.2, 0) is 19.1 Å². The van der Waals surface area contributed by atoms with E-state index in [-0.39, 0.29) is 25.2 Å². The van der Waals surface area contributed by atoms with E-state index in [2.05, 4.69) is 27.7 Å². The van der Waals surface area contributed by atoms with Crippen LogP contribution in [0.2, 0.25) is 0 Å². The standard InChI is InChI=1S/C39H76O5/c1-5-36(4)30-26-22-18-14-10-8-6-7-9-11-15-20-24-28-32-39(42)44-37(33-40)34-43-38(41)31-27-23-19-16-12-13-17-21-25-29-35(2)3/h35-37,40H,5-34H2,1-4H3/t36?,37-/m0/s1. The number of unbranched alkanes of at least 4 members (excludes halogenated alkanes) is 21. The Morgan fingerprint density at radius 3 is 1.27 bits per heavy atom. The number of carbonyl (C=O) groups excluding carboxylic acids is 2. The molecule has 0 spiro atoms. The van der Waals surface area contributed by atoms with Gasteiger partial charge >= 0.3 is 11.9 Å². The van der Waals surface area contributed by atoms with Crippen molar-refractivity contribution in [2.24, 2.45) is 11.8 Å². The van der Waals surface area contributed by atoms with E-state index < -0.39 is 6.10 Å². The molecule has 0 aliphatic rings. The van der Waals surface area contributed by atoms with Crippen molar-refractivity contribution in [2.45, 2.75) is 214 Å². The summed E-state index contributed by atoms with van der Waals surface area (Å²) in [5, 5.41) is 9.54. The Labute approximate surface area is 274 Å². The predicted molar refractivity (Wildman–Crippen MR) is 187 cm³/mol. The first-order chi connectivity index (χ1) is 21.4. The summed E-state index contributed by atoms with van der Waals surface area (Å²) in [4.78, 5) is 24.2. The van der Waals surface area contributed by atoms with Gasteiger partial charge < -0.3 is 14.6 Å². The summed E-state index contributed by atoms with van der Waals surface area (Å²) in [6.45, 7) is 8.86. The molecule has 0 heterocycles. The minimum absolute atomic E-state index is 0.0593. The summed E-state index contributed by atoms with van der Waals surface area (Å²) in [5.41, 5.74) is 0. The highest BCUT2D eigenvalue weighted by molar-refractivity contribution is 5.70. The van der Waals surface area contributed by atoms with Crippen molar-refractivity contribution in [1.82, 2.24) is 0 Å². The van der Waals surface area contributed by atoms with Gasteiger partial charge in [0.05, 0.1) is 6.61 Å². The summed E-state index contributed by atoms with van der Waals surface area (Å²) in [7, 11) is 0. The number of esters is 2. The summed E-state index contributed by atoms with van der Waals surface area (Å²) >= 11 is 0. The van der Waals surface area contributed by atoms with E-state index in [9.17, 15) is 14.7 Å². The highest BCUT2D eigenvalue weighted by Crippen LogP contribution is 2.17. The lowest BCUT2D eigenvalue weighted by molar-refractivity contribution is -0.161. The molecule has 0 aromatic heterocycles. The number of carbonyl (C=O) groups is 2. The predicted octanol–water partition coefficient (Wildman–Crippen LogP) is 11.7. The fourth-order valence-electron chi connectivity index (χ4n) is 5.77. The number of aliphatic hydroxyl groups is 1. The Hall–Kier alpha value is -1.10. The van der Waals surface area contributed by atoms with Gasteiger partial charge in [-0.15, -0.1) is 0 Å². The van der Waals surface area contributed by atoms with Crippen LogP contribution in [0.1, 0.15) is 207 Å². The van der Waals surface area contributed by atoms with Crippen LogP contribution in [-0.4, -0.2) is 36.4 Å². The molecule has 1 unspecified atom stereocenters. The van der Waals surface area contributed by atoms with Crippen molar-refractivity contribution < 1.29 is 24.2 Å². The smallest absolute Gasteiger partial charge is 0.306 e. The summed E-state index contributed by atoms with van der Waals surface area (Å²) in [6.07, 6.45) is 33.0. The third-order valence-corrected chi connectivity index (χ3v) is 9.12. The molecule has 0 amide bonds. The molecule has 0 saturated carbocycles. The van der Waals surface area contributed by atoms with Gasteiger partial charge in [-0.25, -0.2) is 0 Å². The SMILES string of the molecule is CCC(C)CCCCCCCCCCCCCCCCC(=O)O[C@@H](CO)COC(=O)CCCCCCCCCCCC(C)C. The molecular formula is C39H76O5. The molecular weight excluding hydrogens is 548 g/mol. The van der Waals surface area contributed by atoms with E-state index in [0.29, 0.717) is 12.8 Å². The second-order valence-corrected chi connectivity index (χ2v) is 14.1. The number of hydrogen-bond donors (Lipinski definition) is 1. The fraction of sp³-hybridized carbons (Fsp3) is 0.949. The summed E-state index contributed by atoms with van der Waals surface area (Å²) in [5.74, 6) is 1.14. The monoisotopic (exact) mass is 625 g/mol. The molecule has 0 bridgehead atoms. The molecule has 0 aromatic carbocycles. The van der Waals surface area contributed by atoms with Gasteiger partial charge in [0.1, 0.15) is 6.61 Å². The van der Waals surface area contributed by atoms with Gasteiger partial charge in [-0.3, -0.25) is 9.59 Å². The maximum Gasteiger partial charge on any atom is 0.306 e. The van der Waals surface area contributed by atoms with Gasteiger partial charge in [-0.05, 0) is 24.7 Å². The zero-order chi connectivity index (χ0) is 32.5. The van der Waals surface area contributed by atoms with Gasteiger partial charge in [-0.2, -0.15) is 0 Å². The van der Waals surface area contributed by atoms with Crippen molar-refractivity contribution >= 4 is 11.9 Å². The Morgan fingerprint density at radius 2 is 0.886 bits per heavy atom. The van der Waals surface area contributed by atoms with Crippen LogP contribution in [0.5, 0.6) is 0 Å². The Balaban J connectivity index is 3.51. The van der Waals surface area contributed by atoms with Crippen LogP contribution < -0.4 is 0 Å². The lowest BCUT2D eigenvalue weighted by Crippen LogP contribution is -2.28. The topological polar surface area (TPSA) is 72.8 Å². The van der Waals surface area contributed by atoms with Crippen molar-refractivity contribution in [3.63, 3.8) is 0 Å². The minimum Gasteiger partial charge on any atom is -0.462 e. The van der Waals surface area contributed by atoms with E-state index in [1.807, 2.05) is 0 Å². The second-order valence-electron chi connectivity index (χ2n) is 14.1. The minimum atomic E-state index is -0.762. The van der Waals surface area contributed by atoms with E-state index in [1.54, 1.807) is 0 Å². The van der Waals surface area contributed by atoms with E-state index in [0.717, 1.165) is 50.4 Å². The molecule has 5 heteroatoms. The number of rotatable bonds is 34. The normalized spacial score (nSPS) is 12.9. The molecule has 0 rings (SSSR count). The summed E-state index contributed by atoms with van der Waals surface area (Å²) in [6, 6.07) is 0. The molecule has 0 aliphatic carbocycles. The van der Waals surface area contributed by atoms with Gasteiger partial charge in [0.25, 0.3) is 0 Å². The Bertz CT molecular complexity index is 620. The van der Waals surface area contributed by atoms with Crippen LogP contribution in [0.25, 0.3) is 0 Å². The maximum atomic E-state index is 12.2. The first-order valence-electron chi connectivity index (χ1n) is 19.3. The molecule has 5 nitrogen and oxygen atoms in total. The molecule has 0 aliphatic heterocycles. The van der Waals surface area contributed by atoms with Crippen LogP contribution in [0.3, 0.4) is 0 Å². The highest BCUT2D eigenvalue weighted by atomic mass is 16.6. The first-order valence-corrected chi connectivity index (χ1v) is 19.3. The lowest BCUT2D eigenvalue weighted by Gasteiger charge is -2.15. The largest absolute Gasteiger partial charge is 0.462 e. The van der Waals surface area contributed by atoms with E-state index >= 15 is 0 Å².